The molecule has 1 aromatic heterocycles. The summed E-state index contributed by atoms with van der Waals surface area (Å²) in [5.41, 5.74) is 8.24. The molecule has 0 saturated heterocycles. The molecule has 1 amide bonds. The molecular weight excluding hydrogens is 264 g/mol. The largest absolute Gasteiger partial charge is 0.469 e. The Morgan fingerprint density at radius 1 is 1.29 bits per heavy atom. The molecule has 1 atom stereocenters. The Labute approximate surface area is 125 Å². The zero-order chi connectivity index (χ0) is 15.2. The van der Waals surface area contributed by atoms with E-state index in [-0.39, 0.29) is 5.91 Å². The van der Waals surface area contributed by atoms with E-state index < -0.39 is 6.04 Å². The van der Waals surface area contributed by atoms with E-state index in [2.05, 4.69) is 12.1 Å². The molecule has 2 rings (SSSR count). The first-order valence-electron chi connectivity index (χ1n) is 7.15. The molecule has 2 aromatic rings. The summed E-state index contributed by atoms with van der Waals surface area (Å²) in [5, 5.41) is 0. The predicted molar refractivity (Wildman–Crippen MR) is 82.7 cm³/mol. The topological polar surface area (TPSA) is 59.5 Å². The van der Waals surface area contributed by atoms with Crippen LogP contribution in [-0.2, 0) is 17.8 Å². The standard InChI is InChI=1S/C17H22N2O2/c1-13-15(10-11-21-13)12-19(2)17(20)16(18)9-8-14-6-4-3-5-7-14/h3-7,10-11,16H,8-9,12,18H2,1-2H3/t16-/m0/s1. The second kappa shape index (κ2) is 7.09. The number of carbonyl (C=O) groups excluding carboxylic acids is 1. The number of nitrogens with two attached hydrogens (primary N) is 1. The first-order valence-corrected chi connectivity index (χ1v) is 7.15. The Bertz CT molecular complexity index is 577. The third-order valence-electron chi connectivity index (χ3n) is 3.65. The van der Waals surface area contributed by atoms with E-state index in [0.29, 0.717) is 13.0 Å². The molecule has 0 aliphatic carbocycles. The summed E-state index contributed by atoms with van der Waals surface area (Å²) in [7, 11) is 1.77. The summed E-state index contributed by atoms with van der Waals surface area (Å²) in [6.45, 7) is 2.42. The third kappa shape index (κ3) is 4.20. The number of nitrogens with zero attached hydrogens (tertiary/aromatic N) is 1. The molecule has 0 fully saturated rings. The van der Waals surface area contributed by atoms with Crippen molar-refractivity contribution in [2.24, 2.45) is 5.73 Å². The van der Waals surface area contributed by atoms with Gasteiger partial charge in [-0.2, -0.15) is 0 Å². The smallest absolute Gasteiger partial charge is 0.239 e. The van der Waals surface area contributed by atoms with Crippen molar-refractivity contribution in [3.63, 3.8) is 0 Å². The molecule has 1 aromatic carbocycles. The quantitative estimate of drug-likeness (QED) is 0.887. The molecular formula is C17H22N2O2. The first kappa shape index (κ1) is 15.3. The van der Waals surface area contributed by atoms with Crippen LogP contribution in [0.4, 0.5) is 0 Å². The van der Waals surface area contributed by atoms with Crippen molar-refractivity contribution in [1.29, 1.82) is 0 Å². The van der Waals surface area contributed by atoms with Gasteiger partial charge in [-0.15, -0.1) is 0 Å². The number of hydrogen-bond acceptors (Lipinski definition) is 3. The zero-order valence-corrected chi connectivity index (χ0v) is 12.6. The number of aryl methyl sites for hydroxylation is 2. The zero-order valence-electron chi connectivity index (χ0n) is 12.6. The Balaban J connectivity index is 1.85. The third-order valence-corrected chi connectivity index (χ3v) is 3.65. The molecule has 21 heavy (non-hydrogen) atoms. The summed E-state index contributed by atoms with van der Waals surface area (Å²) >= 11 is 0. The lowest BCUT2D eigenvalue weighted by molar-refractivity contribution is -0.131. The summed E-state index contributed by atoms with van der Waals surface area (Å²) < 4.78 is 5.24. The average Bonchev–Trinajstić information content (AvgIpc) is 2.90. The summed E-state index contributed by atoms with van der Waals surface area (Å²) in [5.74, 6) is 0.805. The van der Waals surface area contributed by atoms with Gasteiger partial charge in [-0.25, -0.2) is 0 Å². The molecule has 1 heterocycles. The number of carbonyl (C=O) groups is 1. The van der Waals surface area contributed by atoms with Gasteiger partial charge in [0.1, 0.15) is 5.76 Å². The molecule has 112 valence electrons. The molecule has 0 spiro atoms. The fourth-order valence-corrected chi connectivity index (χ4v) is 2.28. The normalized spacial score (nSPS) is 12.1. The van der Waals surface area contributed by atoms with Gasteiger partial charge >= 0.3 is 0 Å². The molecule has 0 unspecified atom stereocenters. The van der Waals surface area contributed by atoms with Gasteiger partial charge in [0, 0.05) is 19.2 Å². The number of hydrogen-bond donors (Lipinski definition) is 1. The lowest BCUT2D eigenvalue weighted by Crippen LogP contribution is -2.41. The summed E-state index contributed by atoms with van der Waals surface area (Å²) in [6, 6.07) is 11.5. The molecule has 4 nitrogen and oxygen atoms in total. The Hall–Kier alpha value is -2.07. The molecule has 0 saturated carbocycles. The van der Waals surface area contributed by atoms with Crippen molar-refractivity contribution in [2.45, 2.75) is 32.4 Å². The van der Waals surface area contributed by atoms with E-state index in [0.717, 1.165) is 17.7 Å². The van der Waals surface area contributed by atoms with Crippen molar-refractivity contribution < 1.29 is 9.21 Å². The Morgan fingerprint density at radius 2 is 2.00 bits per heavy atom. The lowest BCUT2D eigenvalue weighted by Gasteiger charge is -2.21. The van der Waals surface area contributed by atoms with Crippen LogP contribution < -0.4 is 5.73 Å². The van der Waals surface area contributed by atoms with Crippen LogP contribution in [0.3, 0.4) is 0 Å². The Kier molecular flexibility index (Phi) is 5.17. The van der Waals surface area contributed by atoms with Crippen LogP contribution in [0, 0.1) is 6.92 Å². The summed E-state index contributed by atoms with van der Waals surface area (Å²) in [4.78, 5) is 13.9. The van der Waals surface area contributed by atoms with Crippen LogP contribution in [-0.4, -0.2) is 23.9 Å². The molecule has 4 heteroatoms. The highest BCUT2D eigenvalue weighted by Crippen LogP contribution is 2.12. The molecule has 0 aliphatic rings. The van der Waals surface area contributed by atoms with E-state index in [9.17, 15) is 4.79 Å². The van der Waals surface area contributed by atoms with E-state index >= 15 is 0 Å². The van der Waals surface area contributed by atoms with Crippen LogP contribution in [0.2, 0.25) is 0 Å². The van der Waals surface area contributed by atoms with Crippen LogP contribution in [0.25, 0.3) is 0 Å². The maximum Gasteiger partial charge on any atom is 0.239 e. The van der Waals surface area contributed by atoms with E-state index in [1.807, 2.05) is 31.2 Å². The highest BCUT2D eigenvalue weighted by molar-refractivity contribution is 5.81. The van der Waals surface area contributed by atoms with Gasteiger partial charge in [0.2, 0.25) is 5.91 Å². The monoisotopic (exact) mass is 286 g/mol. The minimum absolute atomic E-state index is 0.0356. The van der Waals surface area contributed by atoms with Gasteiger partial charge in [-0.3, -0.25) is 4.79 Å². The number of amides is 1. The summed E-state index contributed by atoms with van der Waals surface area (Å²) in [6.07, 6.45) is 3.10. The van der Waals surface area contributed by atoms with Crippen LogP contribution >= 0.6 is 0 Å². The lowest BCUT2D eigenvalue weighted by atomic mass is 10.0. The maximum atomic E-state index is 12.3. The molecule has 0 radical (unpaired) electrons. The van der Waals surface area contributed by atoms with Crippen molar-refractivity contribution in [1.82, 2.24) is 4.90 Å². The molecule has 0 aliphatic heterocycles. The number of benzene rings is 1. The van der Waals surface area contributed by atoms with Crippen LogP contribution in [0.1, 0.15) is 23.3 Å². The van der Waals surface area contributed by atoms with Gasteiger partial charge in [0.15, 0.2) is 0 Å². The van der Waals surface area contributed by atoms with Crippen LogP contribution in [0.5, 0.6) is 0 Å². The number of likely N-dealkylation sites (N-methyl/N-ethyl adjacent to an activating group) is 1. The second-order valence-corrected chi connectivity index (χ2v) is 5.33. The van der Waals surface area contributed by atoms with Crippen molar-refractivity contribution in [2.75, 3.05) is 7.05 Å². The minimum Gasteiger partial charge on any atom is -0.469 e. The van der Waals surface area contributed by atoms with Gasteiger partial charge in [0.25, 0.3) is 0 Å². The van der Waals surface area contributed by atoms with Crippen LogP contribution in [0.15, 0.2) is 47.1 Å². The first-order chi connectivity index (χ1) is 10.1. The minimum atomic E-state index is -0.470. The van der Waals surface area contributed by atoms with Crippen molar-refractivity contribution in [3.05, 3.63) is 59.5 Å². The molecule has 0 bridgehead atoms. The fourth-order valence-electron chi connectivity index (χ4n) is 2.28. The average molecular weight is 286 g/mol. The SMILES string of the molecule is Cc1occc1CN(C)C(=O)[C@@H](N)CCc1ccccc1. The van der Waals surface area contributed by atoms with E-state index in [1.165, 1.54) is 5.56 Å². The highest BCUT2D eigenvalue weighted by atomic mass is 16.3. The van der Waals surface area contributed by atoms with Crippen molar-refractivity contribution >= 4 is 5.91 Å². The fraction of sp³-hybridized carbons (Fsp3) is 0.353. The second-order valence-electron chi connectivity index (χ2n) is 5.33. The highest BCUT2D eigenvalue weighted by Gasteiger charge is 2.19. The molecule has 2 N–H and O–H groups in total. The maximum absolute atomic E-state index is 12.3. The van der Waals surface area contributed by atoms with Gasteiger partial charge in [0.05, 0.1) is 12.3 Å². The Morgan fingerprint density at radius 3 is 2.62 bits per heavy atom. The number of rotatable bonds is 6. The number of furan rings is 1. The van der Waals surface area contributed by atoms with Gasteiger partial charge in [-0.05, 0) is 31.4 Å². The van der Waals surface area contributed by atoms with Gasteiger partial charge < -0.3 is 15.1 Å². The van der Waals surface area contributed by atoms with E-state index in [4.69, 9.17) is 10.2 Å². The predicted octanol–water partition coefficient (Wildman–Crippen LogP) is 2.51. The van der Waals surface area contributed by atoms with Crippen molar-refractivity contribution in [3.8, 4) is 0 Å². The van der Waals surface area contributed by atoms with Gasteiger partial charge in [-0.1, -0.05) is 30.3 Å². The van der Waals surface area contributed by atoms with E-state index in [1.54, 1.807) is 18.2 Å².